The zero-order valence-corrected chi connectivity index (χ0v) is 12.7. The van der Waals surface area contributed by atoms with E-state index >= 15 is 0 Å². The molecule has 1 atom stereocenters. The Hall–Kier alpha value is -1.68. The second-order valence-corrected chi connectivity index (χ2v) is 5.67. The highest BCUT2D eigenvalue weighted by atomic mass is 19.1. The molecule has 2 aromatic rings. The summed E-state index contributed by atoms with van der Waals surface area (Å²) < 4.78 is 28.4. The predicted molar refractivity (Wildman–Crippen MR) is 81.1 cm³/mol. The quantitative estimate of drug-likeness (QED) is 0.847. The zero-order valence-electron chi connectivity index (χ0n) is 12.7. The monoisotopic (exact) mass is 292 g/mol. The van der Waals surface area contributed by atoms with Gasteiger partial charge in [0, 0.05) is 31.0 Å². The first-order chi connectivity index (χ1) is 9.99. The molecule has 0 saturated carbocycles. The van der Waals surface area contributed by atoms with Crippen molar-refractivity contribution in [3.8, 4) is 0 Å². The SMILES string of the molecule is CCNC(c1ccn(Cc2cc(F)cc(F)c2)c1)C(C)C. The lowest BCUT2D eigenvalue weighted by Gasteiger charge is -2.20. The van der Waals surface area contributed by atoms with Crippen LogP contribution in [0.2, 0.25) is 0 Å². The number of hydrogen-bond acceptors (Lipinski definition) is 1. The molecule has 0 radical (unpaired) electrons. The van der Waals surface area contributed by atoms with Crippen molar-refractivity contribution in [3.05, 3.63) is 59.4 Å². The molecule has 2 nitrogen and oxygen atoms in total. The molecular formula is C17H22F2N2. The molecule has 1 heterocycles. The molecule has 0 aliphatic heterocycles. The van der Waals surface area contributed by atoms with Gasteiger partial charge in [-0.1, -0.05) is 20.8 Å². The summed E-state index contributed by atoms with van der Waals surface area (Å²) in [5.41, 5.74) is 1.82. The Bertz CT molecular complexity index is 570. The minimum Gasteiger partial charge on any atom is -0.350 e. The number of halogens is 2. The molecule has 1 N–H and O–H groups in total. The van der Waals surface area contributed by atoms with Crippen molar-refractivity contribution in [2.75, 3.05) is 6.54 Å². The first-order valence-electron chi connectivity index (χ1n) is 7.33. The zero-order chi connectivity index (χ0) is 15.4. The molecule has 0 fully saturated rings. The Morgan fingerprint density at radius 1 is 1.14 bits per heavy atom. The van der Waals surface area contributed by atoms with Crippen molar-refractivity contribution in [3.63, 3.8) is 0 Å². The molecule has 21 heavy (non-hydrogen) atoms. The fourth-order valence-electron chi connectivity index (χ4n) is 2.61. The van der Waals surface area contributed by atoms with E-state index in [0.717, 1.165) is 12.6 Å². The van der Waals surface area contributed by atoms with Crippen LogP contribution in [0.3, 0.4) is 0 Å². The molecule has 1 aromatic heterocycles. The highest BCUT2D eigenvalue weighted by Gasteiger charge is 2.15. The van der Waals surface area contributed by atoms with E-state index in [1.54, 1.807) is 0 Å². The van der Waals surface area contributed by atoms with E-state index in [2.05, 4.69) is 32.2 Å². The van der Waals surface area contributed by atoms with Crippen molar-refractivity contribution in [2.24, 2.45) is 5.92 Å². The van der Waals surface area contributed by atoms with E-state index in [9.17, 15) is 8.78 Å². The largest absolute Gasteiger partial charge is 0.350 e. The van der Waals surface area contributed by atoms with Gasteiger partial charge in [0.25, 0.3) is 0 Å². The second kappa shape index (κ2) is 6.85. The molecule has 2 rings (SSSR count). The van der Waals surface area contributed by atoms with Crippen LogP contribution in [0.15, 0.2) is 36.7 Å². The third-order valence-electron chi connectivity index (χ3n) is 3.51. The van der Waals surface area contributed by atoms with Crippen molar-refractivity contribution < 1.29 is 8.78 Å². The Labute approximate surface area is 124 Å². The van der Waals surface area contributed by atoms with Gasteiger partial charge in [-0.05, 0) is 41.8 Å². The maximum absolute atomic E-state index is 13.2. The number of nitrogens with one attached hydrogen (secondary N) is 1. The topological polar surface area (TPSA) is 17.0 Å². The van der Waals surface area contributed by atoms with Gasteiger partial charge >= 0.3 is 0 Å². The van der Waals surface area contributed by atoms with Gasteiger partial charge in [-0.2, -0.15) is 0 Å². The fraction of sp³-hybridized carbons (Fsp3) is 0.412. The maximum atomic E-state index is 13.2. The predicted octanol–water partition coefficient (Wildman–Crippen LogP) is 4.12. The fourth-order valence-corrected chi connectivity index (χ4v) is 2.61. The lowest BCUT2D eigenvalue weighted by Crippen LogP contribution is -2.25. The second-order valence-electron chi connectivity index (χ2n) is 5.67. The minimum atomic E-state index is -0.537. The molecule has 1 unspecified atom stereocenters. The smallest absolute Gasteiger partial charge is 0.126 e. The van der Waals surface area contributed by atoms with Gasteiger partial charge in [0.2, 0.25) is 0 Å². The number of aromatic nitrogens is 1. The van der Waals surface area contributed by atoms with Crippen molar-refractivity contribution >= 4 is 0 Å². The van der Waals surface area contributed by atoms with Crippen LogP contribution >= 0.6 is 0 Å². The standard InChI is InChI=1S/C17H22F2N2/c1-4-20-17(12(2)3)14-5-6-21(11-14)10-13-7-15(18)9-16(19)8-13/h5-9,11-12,17,20H,4,10H2,1-3H3. The van der Waals surface area contributed by atoms with Gasteiger partial charge < -0.3 is 9.88 Å². The number of rotatable bonds is 6. The van der Waals surface area contributed by atoms with Crippen LogP contribution in [0.1, 0.15) is 37.9 Å². The van der Waals surface area contributed by atoms with Crippen LogP contribution in [0, 0.1) is 17.6 Å². The lowest BCUT2D eigenvalue weighted by molar-refractivity contribution is 0.421. The van der Waals surface area contributed by atoms with E-state index in [1.807, 2.05) is 17.0 Å². The molecule has 0 bridgehead atoms. The molecule has 0 aliphatic carbocycles. The third-order valence-corrected chi connectivity index (χ3v) is 3.51. The lowest BCUT2D eigenvalue weighted by atomic mass is 9.98. The average Bonchev–Trinajstić information content (AvgIpc) is 2.82. The number of hydrogen-bond donors (Lipinski definition) is 1. The van der Waals surface area contributed by atoms with Crippen LogP contribution in [0.25, 0.3) is 0 Å². The Kier molecular flexibility index (Phi) is 5.12. The molecule has 0 saturated heterocycles. The van der Waals surface area contributed by atoms with Crippen LogP contribution in [-0.2, 0) is 6.54 Å². The number of benzene rings is 1. The van der Waals surface area contributed by atoms with Gasteiger partial charge in [-0.3, -0.25) is 0 Å². The Morgan fingerprint density at radius 2 is 1.81 bits per heavy atom. The van der Waals surface area contributed by atoms with Gasteiger partial charge in [0.15, 0.2) is 0 Å². The summed E-state index contributed by atoms with van der Waals surface area (Å²) in [5.74, 6) is -0.595. The molecule has 0 aliphatic rings. The summed E-state index contributed by atoms with van der Waals surface area (Å²) in [6.45, 7) is 7.80. The molecular weight excluding hydrogens is 270 g/mol. The molecule has 114 valence electrons. The van der Waals surface area contributed by atoms with E-state index in [-0.39, 0.29) is 0 Å². The van der Waals surface area contributed by atoms with Gasteiger partial charge in [-0.25, -0.2) is 8.78 Å². The van der Waals surface area contributed by atoms with E-state index in [0.29, 0.717) is 24.1 Å². The third kappa shape index (κ3) is 4.14. The summed E-state index contributed by atoms with van der Waals surface area (Å²) in [4.78, 5) is 0. The summed E-state index contributed by atoms with van der Waals surface area (Å²) >= 11 is 0. The van der Waals surface area contributed by atoms with Gasteiger partial charge in [0.1, 0.15) is 11.6 Å². The summed E-state index contributed by atoms with van der Waals surface area (Å²) in [7, 11) is 0. The van der Waals surface area contributed by atoms with Crippen LogP contribution < -0.4 is 5.32 Å². The van der Waals surface area contributed by atoms with Gasteiger partial charge in [-0.15, -0.1) is 0 Å². The van der Waals surface area contributed by atoms with Crippen LogP contribution in [0.4, 0.5) is 8.78 Å². The average molecular weight is 292 g/mol. The van der Waals surface area contributed by atoms with Crippen molar-refractivity contribution in [1.29, 1.82) is 0 Å². The Balaban J connectivity index is 2.15. The Morgan fingerprint density at radius 3 is 2.38 bits per heavy atom. The first-order valence-corrected chi connectivity index (χ1v) is 7.33. The molecule has 4 heteroatoms. The van der Waals surface area contributed by atoms with Gasteiger partial charge in [0.05, 0.1) is 0 Å². The van der Waals surface area contributed by atoms with Crippen molar-refractivity contribution in [2.45, 2.75) is 33.4 Å². The highest BCUT2D eigenvalue weighted by molar-refractivity contribution is 5.21. The van der Waals surface area contributed by atoms with Crippen LogP contribution in [-0.4, -0.2) is 11.1 Å². The normalized spacial score (nSPS) is 12.9. The van der Waals surface area contributed by atoms with Crippen molar-refractivity contribution in [1.82, 2.24) is 9.88 Å². The number of nitrogens with zero attached hydrogens (tertiary/aromatic N) is 1. The minimum absolute atomic E-state index is 0.292. The van der Waals surface area contributed by atoms with E-state index in [1.165, 1.54) is 17.7 Å². The molecule has 0 spiro atoms. The van der Waals surface area contributed by atoms with E-state index < -0.39 is 11.6 Å². The molecule has 0 amide bonds. The van der Waals surface area contributed by atoms with Crippen LogP contribution in [0.5, 0.6) is 0 Å². The van der Waals surface area contributed by atoms with E-state index in [4.69, 9.17) is 0 Å². The highest BCUT2D eigenvalue weighted by Crippen LogP contribution is 2.22. The summed E-state index contributed by atoms with van der Waals surface area (Å²) in [6.07, 6.45) is 3.99. The summed E-state index contributed by atoms with van der Waals surface area (Å²) in [6, 6.07) is 5.98. The first kappa shape index (κ1) is 15.7. The summed E-state index contributed by atoms with van der Waals surface area (Å²) in [5, 5.41) is 3.46. The molecule has 1 aromatic carbocycles. The maximum Gasteiger partial charge on any atom is 0.126 e.